The third-order valence-electron chi connectivity index (χ3n) is 4.61. The topological polar surface area (TPSA) is 84.9 Å². The second kappa shape index (κ2) is 8.95. The Morgan fingerprint density at radius 2 is 1.50 bits per heavy atom. The summed E-state index contributed by atoms with van der Waals surface area (Å²) in [5.74, 6) is 0.685. The lowest BCUT2D eigenvalue weighted by atomic mass is 9.99. The van der Waals surface area contributed by atoms with Gasteiger partial charge >= 0.3 is 0 Å². The Morgan fingerprint density at radius 3 is 2.07 bits per heavy atom. The van der Waals surface area contributed by atoms with E-state index in [0.717, 1.165) is 5.56 Å². The van der Waals surface area contributed by atoms with E-state index >= 15 is 0 Å². The molecule has 30 heavy (non-hydrogen) atoms. The molecule has 0 aliphatic rings. The van der Waals surface area contributed by atoms with Gasteiger partial charge in [0, 0.05) is 16.7 Å². The monoisotopic (exact) mass is 447 g/mol. The van der Waals surface area contributed by atoms with Gasteiger partial charge in [0.05, 0.1) is 24.8 Å². The van der Waals surface area contributed by atoms with Crippen molar-refractivity contribution in [2.24, 2.45) is 0 Å². The van der Waals surface area contributed by atoms with E-state index in [1.54, 1.807) is 42.5 Å². The molecule has 1 atom stereocenters. The van der Waals surface area contributed by atoms with Gasteiger partial charge in [-0.15, -0.1) is 0 Å². The fraction of sp³-hybridized carbons (Fsp3) is 0.182. The van der Waals surface area contributed by atoms with E-state index in [4.69, 9.17) is 21.1 Å². The van der Waals surface area contributed by atoms with Gasteiger partial charge in [0.15, 0.2) is 11.5 Å². The largest absolute Gasteiger partial charge is 0.493 e. The van der Waals surface area contributed by atoms with Crippen molar-refractivity contribution in [3.63, 3.8) is 0 Å². The van der Waals surface area contributed by atoms with Gasteiger partial charge in [0.1, 0.15) is 6.10 Å². The van der Waals surface area contributed by atoms with Crippen LogP contribution in [0.15, 0.2) is 65.6 Å². The summed E-state index contributed by atoms with van der Waals surface area (Å²) in [4.78, 5) is 0.106. The highest BCUT2D eigenvalue weighted by Crippen LogP contribution is 2.39. The van der Waals surface area contributed by atoms with Gasteiger partial charge in [-0.1, -0.05) is 41.4 Å². The lowest BCUT2D eigenvalue weighted by Gasteiger charge is -2.20. The lowest BCUT2D eigenvalue weighted by Crippen LogP contribution is -2.16. The van der Waals surface area contributed by atoms with Gasteiger partial charge in [-0.05, 0) is 42.8 Å². The average Bonchev–Trinajstić information content (AvgIpc) is 2.73. The molecule has 0 aliphatic heterocycles. The van der Waals surface area contributed by atoms with Crippen molar-refractivity contribution < 1.29 is 23.0 Å². The van der Waals surface area contributed by atoms with Crippen LogP contribution in [-0.2, 0) is 10.0 Å². The minimum Gasteiger partial charge on any atom is -0.493 e. The number of aliphatic hydroxyl groups excluding tert-OH is 1. The quantitative estimate of drug-likeness (QED) is 0.555. The van der Waals surface area contributed by atoms with E-state index in [9.17, 15) is 13.5 Å². The van der Waals surface area contributed by atoms with Crippen LogP contribution in [0.25, 0.3) is 0 Å². The van der Waals surface area contributed by atoms with E-state index in [0.29, 0.717) is 27.6 Å². The molecule has 0 radical (unpaired) electrons. The Kier molecular flexibility index (Phi) is 6.55. The van der Waals surface area contributed by atoms with Crippen molar-refractivity contribution in [3.05, 3.63) is 82.4 Å². The summed E-state index contributed by atoms with van der Waals surface area (Å²) in [7, 11) is -0.984. The molecule has 3 aromatic carbocycles. The second-order valence-corrected chi connectivity index (χ2v) is 8.79. The number of aryl methyl sites for hydroxylation is 1. The molecule has 2 N–H and O–H groups in total. The standard InChI is InChI=1S/C22H22ClNO5S/c1-14-4-10-17(11-5-14)30(26,27)24-19-13-21(29-3)20(28-2)12-18(19)22(25)15-6-8-16(23)9-7-15/h4-13,22,24-25H,1-3H3. The first-order chi connectivity index (χ1) is 14.2. The van der Waals surface area contributed by atoms with Gasteiger partial charge in [-0.3, -0.25) is 4.72 Å². The molecule has 0 bridgehead atoms. The van der Waals surface area contributed by atoms with Crippen LogP contribution in [-0.4, -0.2) is 27.7 Å². The lowest BCUT2D eigenvalue weighted by molar-refractivity contribution is 0.220. The first-order valence-electron chi connectivity index (χ1n) is 9.04. The average molecular weight is 448 g/mol. The molecule has 158 valence electrons. The maximum Gasteiger partial charge on any atom is 0.261 e. The molecule has 0 amide bonds. The minimum absolute atomic E-state index is 0.106. The van der Waals surface area contributed by atoms with Crippen LogP contribution in [0.1, 0.15) is 22.8 Å². The molecule has 0 spiro atoms. The van der Waals surface area contributed by atoms with Crippen molar-refractivity contribution in [2.75, 3.05) is 18.9 Å². The van der Waals surface area contributed by atoms with Crippen molar-refractivity contribution in [1.29, 1.82) is 0 Å². The van der Waals surface area contributed by atoms with Gasteiger partial charge < -0.3 is 14.6 Å². The van der Waals surface area contributed by atoms with Crippen LogP contribution >= 0.6 is 11.6 Å². The molecule has 1 unspecified atom stereocenters. The number of halogens is 1. The summed E-state index contributed by atoms with van der Waals surface area (Å²) in [5, 5.41) is 11.5. The van der Waals surface area contributed by atoms with Crippen LogP contribution in [0.5, 0.6) is 11.5 Å². The highest BCUT2D eigenvalue weighted by atomic mass is 35.5. The van der Waals surface area contributed by atoms with E-state index in [1.165, 1.54) is 32.4 Å². The number of rotatable bonds is 7. The molecule has 0 fully saturated rings. The maximum atomic E-state index is 12.9. The summed E-state index contributed by atoms with van der Waals surface area (Å²) >= 11 is 5.94. The summed E-state index contributed by atoms with van der Waals surface area (Å²) in [6.07, 6.45) is -1.13. The van der Waals surface area contributed by atoms with Gasteiger partial charge in [-0.2, -0.15) is 0 Å². The van der Waals surface area contributed by atoms with Crippen molar-refractivity contribution in [1.82, 2.24) is 0 Å². The number of nitrogens with one attached hydrogen (secondary N) is 1. The summed E-state index contributed by atoms with van der Waals surface area (Å²) in [6, 6.07) is 16.1. The predicted molar refractivity (Wildman–Crippen MR) is 117 cm³/mol. The molecule has 0 heterocycles. The van der Waals surface area contributed by atoms with Gasteiger partial charge in [-0.25, -0.2) is 8.42 Å². The summed E-state index contributed by atoms with van der Waals surface area (Å²) < 4.78 is 39.1. The van der Waals surface area contributed by atoms with E-state index in [2.05, 4.69) is 4.72 Å². The zero-order valence-electron chi connectivity index (χ0n) is 16.7. The third kappa shape index (κ3) is 4.70. The number of hydrogen-bond donors (Lipinski definition) is 2. The number of sulfonamides is 1. The number of aliphatic hydroxyl groups is 1. The van der Waals surface area contributed by atoms with Crippen molar-refractivity contribution in [3.8, 4) is 11.5 Å². The molecule has 0 saturated heterocycles. The number of ether oxygens (including phenoxy) is 2. The predicted octanol–water partition coefficient (Wildman–Crippen LogP) is 4.55. The highest BCUT2D eigenvalue weighted by molar-refractivity contribution is 7.92. The SMILES string of the molecule is COc1cc(NS(=O)(=O)c2ccc(C)cc2)c(C(O)c2ccc(Cl)cc2)cc1OC. The third-order valence-corrected chi connectivity index (χ3v) is 6.25. The summed E-state index contributed by atoms with van der Waals surface area (Å²) in [5.41, 5.74) is 1.97. The number of anilines is 1. The van der Waals surface area contributed by atoms with E-state index in [-0.39, 0.29) is 10.6 Å². The van der Waals surface area contributed by atoms with Gasteiger partial charge in [0.25, 0.3) is 10.0 Å². The normalized spacial score (nSPS) is 12.3. The van der Waals surface area contributed by atoms with Crippen LogP contribution < -0.4 is 14.2 Å². The zero-order chi connectivity index (χ0) is 21.9. The molecular weight excluding hydrogens is 426 g/mol. The van der Waals surface area contributed by atoms with Crippen LogP contribution in [0, 0.1) is 6.92 Å². The molecule has 0 aliphatic carbocycles. The van der Waals surface area contributed by atoms with E-state index in [1.807, 2.05) is 6.92 Å². The smallest absolute Gasteiger partial charge is 0.261 e. The molecule has 6 nitrogen and oxygen atoms in total. The van der Waals surface area contributed by atoms with Crippen molar-refractivity contribution >= 4 is 27.3 Å². The van der Waals surface area contributed by atoms with Crippen LogP contribution in [0.3, 0.4) is 0 Å². The number of hydrogen-bond acceptors (Lipinski definition) is 5. The molecular formula is C22H22ClNO5S. The minimum atomic E-state index is -3.90. The fourth-order valence-corrected chi connectivity index (χ4v) is 4.16. The Morgan fingerprint density at radius 1 is 0.933 bits per heavy atom. The molecule has 0 aromatic heterocycles. The van der Waals surface area contributed by atoms with E-state index < -0.39 is 16.1 Å². The molecule has 3 aromatic rings. The first kappa shape index (κ1) is 22.0. The molecule has 0 saturated carbocycles. The maximum absolute atomic E-state index is 12.9. The molecule has 8 heteroatoms. The van der Waals surface area contributed by atoms with Crippen LogP contribution in [0.2, 0.25) is 5.02 Å². The highest BCUT2D eigenvalue weighted by Gasteiger charge is 2.23. The number of methoxy groups -OCH3 is 2. The fourth-order valence-electron chi connectivity index (χ4n) is 2.96. The Balaban J connectivity index is 2.09. The Bertz CT molecular complexity index is 1130. The Labute approximate surface area is 181 Å². The van der Waals surface area contributed by atoms with Crippen molar-refractivity contribution in [2.45, 2.75) is 17.9 Å². The Hall–Kier alpha value is -2.74. The van der Waals surface area contributed by atoms with Crippen LogP contribution in [0.4, 0.5) is 5.69 Å². The summed E-state index contributed by atoms with van der Waals surface area (Å²) in [6.45, 7) is 1.87. The van der Waals surface area contributed by atoms with Gasteiger partial charge in [0.2, 0.25) is 0 Å². The zero-order valence-corrected chi connectivity index (χ0v) is 18.3. The number of benzene rings is 3. The molecule has 3 rings (SSSR count). The second-order valence-electron chi connectivity index (χ2n) is 6.67. The first-order valence-corrected chi connectivity index (χ1v) is 10.9.